The van der Waals surface area contributed by atoms with Crippen molar-refractivity contribution in [3.05, 3.63) is 46.9 Å². The molecule has 0 spiro atoms. The molecular formula is C21H26N6OS. The van der Waals surface area contributed by atoms with Crippen LogP contribution in [0.2, 0.25) is 0 Å². The number of carbonyl (C=O) groups is 1. The van der Waals surface area contributed by atoms with Crippen LogP contribution in [0.4, 0.5) is 5.82 Å². The Morgan fingerprint density at radius 1 is 1.17 bits per heavy atom. The van der Waals surface area contributed by atoms with Crippen molar-refractivity contribution in [1.82, 2.24) is 24.8 Å². The van der Waals surface area contributed by atoms with Gasteiger partial charge >= 0.3 is 0 Å². The lowest BCUT2D eigenvalue weighted by Crippen LogP contribution is -2.52. The normalized spacial score (nSPS) is 16.2. The molecule has 8 heteroatoms. The summed E-state index contributed by atoms with van der Waals surface area (Å²) >= 11 is 1.66. The number of nitrogens with one attached hydrogen (secondary N) is 1. The van der Waals surface area contributed by atoms with E-state index < -0.39 is 0 Å². The van der Waals surface area contributed by atoms with Crippen LogP contribution in [-0.4, -0.2) is 62.9 Å². The second-order valence-electron chi connectivity index (χ2n) is 7.47. The molecule has 4 heterocycles. The van der Waals surface area contributed by atoms with Gasteiger partial charge in [0.1, 0.15) is 23.0 Å². The molecule has 0 radical (unpaired) electrons. The molecule has 0 aliphatic carbocycles. The molecule has 1 N–H and O–H groups in total. The molecule has 1 aliphatic rings. The first-order valence-electron chi connectivity index (χ1n) is 9.91. The van der Waals surface area contributed by atoms with E-state index in [1.165, 1.54) is 10.4 Å². The molecule has 0 bridgehead atoms. The number of thiophene rings is 1. The lowest BCUT2D eigenvalue weighted by Gasteiger charge is -2.36. The van der Waals surface area contributed by atoms with Gasteiger partial charge in [0.15, 0.2) is 0 Å². The summed E-state index contributed by atoms with van der Waals surface area (Å²) in [5, 5.41) is 4.35. The molecule has 4 rings (SSSR count). The molecule has 3 aromatic rings. The Morgan fingerprint density at radius 3 is 2.69 bits per heavy atom. The molecule has 152 valence electrons. The molecule has 1 saturated heterocycles. The fourth-order valence-corrected chi connectivity index (χ4v) is 4.68. The van der Waals surface area contributed by atoms with Crippen molar-refractivity contribution in [2.24, 2.45) is 0 Å². The Morgan fingerprint density at radius 2 is 1.97 bits per heavy atom. The molecule has 1 aliphatic heterocycles. The monoisotopic (exact) mass is 410 g/mol. The summed E-state index contributed by atoms with van der Waals surface area (Å²) in [5.41, 5.74) is 2.24. The summed E-state index contributed by atoms with van der Waals surface area (Å²) in [7, 11) is 0. The van der Waals surface area contributed by atoms with Crippen LogP contribution >= 0.6 is 11.3 Å². The smallest absolute Gasteiger partial charge is 0.244 e. The minimum atomic E-state index is -0.338. The Labute approximate surface area is 174 Å². The van der Waals surface area contributed by atoms with Crippen LogP contribution in [0.25, 0.3) is 10.2 Å². The summed E-state index contributed by atoms with van der Waals surface area (Å²) in [6.07, 6.45) is 3.39. The second-order valence-corrected chi connectivity index (χ2v) is 8.68. The molecule has 29 heavy (non-hydrogen) atoms. The molecule has 1 unspecified atom stereocenters. The van der Waals surface area contributed by atoms with Crippen molar-refractivity contribution in [3.63, 3.8) is 0 Å². The highest BCUT2D eigenvalue weighted by Gasteiger charge is 2.26. The van der Waals surface area contributed by atoms with Gasteiger partial charge in [0.05, 0.1) is 11.1 Å². The van der Waals surface area contributed by atoms with E-state index in [4.69, 9.17) is 0 Å². The van der Waals surface area contributed by atoms with Crippen LogP contribution in [-0.2, 0) is 11.3 Å². The third kappa shape index (κ3) is 4.23. The SMILES string of the molecule is Cc1sc2ncnc(NC(C)C(=O)N3CCN(Cc4ccccn4)CC3)c2c1C. The molecule has 3 aromatic heterocycles. The number of rotatable bonds is 5. The van der Waals surface area contributed by atoms with Crippen LogP contribution in [0.3, 0.4) is 0 Å². The van der Waals surface area contributed by atoms with Gasteiger partial charge in [-0.1, -0.05) is 6.07 Å². The van der Waals surface area contributed by atoms with Gasteiger partial charge in [0, 0.05) is 43.8 Å². The first-order valence-corrected chi connectivity index (χ1v) is 10.7. The van der Waals surface area contributed by atoms with E-state index in [0.717, 1.165) is 54.5 Å². The molecule has 1 atom stereocenters. The Bertz CT molecular complexity index is 997. The summed E-state index contributed by atoms with van der Waals surface area (Å²) < 4.78 is 0. The maximum Gasteiger partial charge on any atom is 0.244 e. The number of piperazine rings is 1. The molecule has 0 saturated carbocycles. The number of amides is 1. The predicted octanol–water partition coefficient (Wildman–Crippen LogP) is 2.85. The van der Waals surface area contributed by atoms with Gasteiger partial charge < -0.3 is 10.2 Å². The van der Waals surface area contributed by atoms with Crippen molar-refractivity contribution < 1.29 is 4.79 Å². The van der Waals surface area contributed by atoms with Gasteiger partial charge in [-0.15, -0.1) is 11.3 Å². The zero-order valence-electron chi connectivity index (χ0n) is 17.1. The third-order valence-corrected chi connectivity index (χ3v) is 6.60. The van der Waals surface area contributed by atoms with Crippen molar-refractivity contribution in [2.75, 3.05) is 31.5 Å². The fourth-order valence-electron chi connectivity index (χ4n) is 3.68. The van der Waals surface area contributed by atoms with Crippen molar-refractivity contribution in [3.8, 4) is 0 Å². The van der Waals surface area contributed by atoms with E-state index in [2.05, 4.69) is 39.0 Å². The number of pyridine rings is 1. The van der Waals surface area contributed by atoms with E-state index in [1.54, 1.807) is 17.7 Å². The quantitative estimate of drug-likeness (QED) is 0.697. The number of hydrogen-bond donors (Lipinski definition) is 1. The Kier molecular flexibility index (Phi) is 5.73. The Balaban J connectivity index is 1.37. The first-order chi connectivity index (χ1) is 14.0. The van der Waals surface area contributed by atoms with Crippen molar-refractivity contribution in [1.29, 1.82) is 0 Å². The number of anilines is 1. The average Bonchev–Trinajstić information content (AvgIpc) is 3.03. The van der Waals surface area contributed by atoms with E-state index >= 15 is 0 Å². The number of aryl methyl sites for hydroxylation is 2. The highest BCUT2D eigenvalue weighted by molar-refractivity contribution is 7.18. The fraction of sp³-hybridized carbons (Fsp3) is 0.429. The van der Waals surface area contributed by atoms with E-state index in [0.29, 0.717) is 0 Å². The third-order valence-electron chi connectivity index (χ3n) is 5.48. The molecule has 7 nitrogen and oxygen atoms in total. The zero-order valence-corrected chi connectivity index (χ0v) is 17.9. The number of nitrogens with zero attached hydrogens (tertiary/aromatic N) is 5. The maximum absolute atomic E-state index is 13.0. The van der Waals surface area contributed by atoms with Crippen LogP contribution < -0.4 is 5.32 Å². The molecular weight excluding hydrogens is 384 g/mol. The predicted molar refractivity (Wildman–Crippen MR) is 116 cm³/mol. The van der Waals surface area contributed by atoms with E-state index in [1.807, 2.05) is 36.2 Å². The van der Waals surface area contributed by atoms with Gasteiger partial charge in [0.2, 0.25) is 5.91 Å². The van der Waals surface area contributed by atoms with Gasteiger partial charge in [-0.3, -0.25) is 14.7 Å². The first kappa shape index (κ1) is 19.7. The summed E-state index contributed by atoms with van der Waals surface area (Å²) in [6, 6.07) is 5.64. The van der Waals surface area contributed by atoms with Crippen LogP contribution in [0.5, 0.6) is 0 Å². The van der Waals surface area contributed by atoms with Gasteiger partial charge in [-0.2, -0.15) is 0 Å². The summed E-state index contributed by atoms with van der Waals surface area (Å²) in [4.78, 5) is 32.6. The molecule has 0 aromatic carbocycles. The molecule has 1 fully saturated rings. The van der Waals surface area contributed by atoms with E-state index in [9.17, 15) is 4.79 Å². The van der Waals surface area contributed by atoms with Crippen LogP contribution in [0.1, 0.15) is 23.1 Å². The Hall–Kier alpha value is -2.58. The van der Waals surface area contributed by atoms with Crippen molar-refractivity contribution >= 4 is 33.3 Å². The highest BCUT2D eigenvalue weighted by Crippen LogP contribution is 2.32. The highest BCUT2D eigenvalue weighted by atomic mass is 32.1. The number of carbonyl (C=O) groups excluding carboxylic acids is 1. The maximum atomic E-state index is 13.0. The number of hydrogen-bond acceptors (Lipinski definition) is 7. The topological polar surface area (TPSA) is 74.2 Å². The summed E-state index contributed by atoms with van der Waals surface area (Å²) in [6.45, 7) is 10.1. The number of aromatic nitrogens is 3. The largest absolute Gasteiger partial charge is 0.358 e. The van der Waals surface area contributed by atoms with Crippen LogP contribution in [0.15, 0.2) is 30.7 Å². The van der Waals surface area contributed by atoms with Crippen molar-refractivity contribution in [2.45, 2.75) is 33.4 Å². The summed E-state index contributed by atoms with van der Waals surface area (Å²) in [5.74, 6) is 0.852. The molecule has 1 amide bonds. The van der Waals surface area contributed by atoms with Crippen LogP contribution in [0, 0.1) is 13.8 Å². The standard InChI is InChI=1S/C21H26N6OS/c1-14-16(3)29-20-18(14)19(23-13-24-20)25-15(2)21(28)27-10-8-26(9-11-27)12-17-6-4-5-7-22-17/h4-7,13,15H,8-12H2,1-3H3,(H,23,24,25). The lowest BCUT2D eigenvalue weighted by molar-refractivity contribution is -0.133. The van der Waals surface area contributed by atoms with Gasteiger partial charge in [-0.25, -0.2) is 9.97 Å². The average molecular weight is 411 g/mol. The second kappa shape index (κ2) is 8.42. The zero-order chi connectivity index (χ0) is 20.4. The van der Waals surface area contributed by atoms with E-state index in [-0.39, 0.29) is 11.9 Å². The minimum absolute atomic E-state index is 0.110. The lowest BCUT2D eigenvalue weighted by atomic mass is 10.2. The minimum Gasteiger partial charge on any atom is -0.358 e. The number of fused-ring (bicyclic) bond motifs is 1. The van der Waals surface area contributed by atoms with Gasteiger partial charge in [0.25, 0.3) is 0 Å². The van der Waals surface area contributed by atoms with Gasteiger partial charge in [-0.05, 0) is 38.5 Å².